The molecule has 1 aromatic rings. The van der Waals surface area contributed by atoms with Crippen LogP contribution in [0.2, 0.25) is 0 Å². The molecule has 6 heteroatoms. The van der Waals surface area contributed by atoms with Crippen molar-refractivity contribution in [3.8, 4) is 0 Å². The highest BCUT2D eigenvalue weighted by molar-refractivity contribution is 9.10. The molecule has 0 atom stereocenters. The summed E-state index contributed by atoms with van der Waals surface area (Å²) >= 11 is 4.18. The van der Waals surface area contributed by atoms with Gasteiger partial charge in [-0.25, -0.2) is 8.78 Å². The fourth-order valence-electron chi connectivity index (χ4n) is 1.31. The van der Waals surface area contributed by atoms with Crippen molar-refractivity contribution in [2.45, 2.75) is 25.6 Å². The lowest BCUT2D eigenvalue weighted by molar-refractivity contribution is -0.119. The second-order valence-electron chi connectivity index (χ2n) is 4.04. The van der Waals surface area contributed by atoms with Gasteiger partial charge in [0.05, 0.1) is 10.2 Å². The molecule has 100 valence electrons. The van der Waals surface area contributed by atoms with Crippen LogP contribution in [0, 0.1) is 11.6 Å². The molecular weight excluding hydrogens is 324 g/mol. The van der Waals surface area contributed by atoms with Gasteiger partial charge in [-0.3, -0.25) is 4.79 Å². The normalized spacial score (nSPS) is 10.8. The van der Waals surface area contributed by atoms with Gasteiger partial charge < -0.3 is 5.32 Å². The van der Waals surface area contributed by atoms with Gasteiger partial charge in [-0.05, 0) is 41.9 Å². The summed E-state index contributed by atoms with van der Waals surface area (Å²) in [5, 5.41) is 2.71. The number of halogens is 3. The number of thioether (sulfide) groups is 1. The van der Waals surface area contributed by atoms with Gasteiger partial charge in [0.1, 0.15) is 11.6 Å². The van der Waals surface area contributed by atoms with Gasteiger partial charge in [-0.15, -0.1) is 11.8 Å². The van der Waals surface area contributed by atoms with Gasteiger partial charge >= 0.3 is 0 Å². The first-order chi connectivity index (χ1) is 8.41. The van der Waals surface area contributed by atoms with Crippen LogP contribution in [0.1, 0.15) is 19.4 Å². The van der Waals surface area contributed by atoms with Gasteiger partial charge in [-0.2, -0.15) is 0 Å². The van der Waals surface area contributed by atoms with Crippen LogP contribution in [-0.2, 0) is 10.5 Å². The number of nitrogens with one attached hydrogen (secondary N) is 1. The van der Waals surface area contributed by atoms with E-state index in [0.29, 0.717) is 0 Å². The van der Waals surface area contributed by atoms with E-state index in [-0.39, 0.29) is 33.5 Å². The number of hydrogen-bond donors (Lipinski definition) is 1. The van der Waals surface area contributed by atoms with Crippen molar-refractivity contribution < 1.29 is 13.6 Å². The Morgan fingerprint density at radius 1 is 1.44 bits per heavy atom. The van der Waals surface area contributed by atoms with E-state index in [9.17, 15) is 13.6 Å². The molecule has 18 heavy (non-hydrogen) atoms. The van der Waals surface area contributed by atoms with E-state index in [1.807, 2.05) is 13.8 Å². The highest BCUT2D eigenvalue weighted by Gasteiger charge is 2.13. The average Bonchev–Trinajstić information content (AvgIpc) is 2.27. The summed E-state index contributed by atoms with van der Waals surface area (Å²) in [5.74, 6) is -1.02. The number of rotatable bonds is 5. The summed E-state index contributed by atoms with van der Waals surface area (Å²) in [6, 6.07) is 2.60. The quantitative estimate of drug-likeness (QED) is 0.833. The zero-order chi connectivity index (χ0) is 13.7. The van der Waals surface area contributed by atoms with Crippen LogP contribution < -0.4 is 5.32 Å². The van der Waals surface area contributed by atoms with Crippen LogP contribution in [0.5, 0.6) is 0 Å². The van der Waals surface area contributed by atoms with E-state index in [2.05, 4.69) is 21.2 Å². The molecule has 1 aromatic carbocycles. The molecule has 1 N–H and O–H groups in total. The van der Waals surface area contributed by atoms with Crippen LogP contribution >= 0.6 is 27.7 Å². The summed E-state index contributed by atoms with van der Waals surface area (Å²) in [6.07, 6.45) is 0. The second-order valence-corrected chi connectivity index (χ2v) is 5.88. The maximum Gasteiger partial charge on any atom is 0.230 e. The van der Waals surface area contributed by atoms with Crippen molar-refractivity contribution >= 4 is 33.6 Å². The van der Waals surface area contributed by atoms with Crippen LogP contribution in [0.3, 0.4) is 0 Å². The number of hydrogen-bond acceptors (Lipinski definition) is 2. The molecule has 2 nitrogen and oxygen atoms in total. The first kappa shape index (κ1) is 15.4. The second kappa shape index (κ2) is 7.09. The van der Waals surface area contributed by atoms with Gasteiger partial charge in [-0.1, -0.05) is 0 Å². The first-order valence-electron chi connectivity index (χ1n) is 5.41. The molecule has 1 rings (SSSR count). The third-order valence-electron chi connectivity index (χ3n) is 2.07. The summed E-state index contributed by atoms with van der Waals surface area (Å²) in [5.41, 5.74) is -0.00766. The fraction of sp³-hybridized carbons (Fsp3) is 0.417. The molecule has 0 heterocycles. The predicted molar refractivity (Wildman–Crippen MR) is 73.5 cm³/mol. The maximum atomic E-state index is 13.6. The van der Waals surface area contributed by atoms with E-state index in [1.165, 1.54) is 23.9 Å². The van der Waals surface area contributed by atoms with Crippen LogP contribution in [0.4, 0.5) is 8.78 Å². The Morgan fingerprint density at radius 2 is 2.11 bits per heavy atom. The topological polar surface area (TPSA) is 29.1 Å². The molecule has 0 unspecified atom stereocenters. The molecule has 0 saturated heterocycles. The van der Waals surface area contributed by atoms with Crippen molar-refractivity contribution in [1.82, 2.24) is 5.32 Å². The highest BCUT2D eigenvalue weighted by atomic mass is 79.9. The number of amides is 1. The van der Waals surface area contributed by atoms with Crippen molar-refractivity contribution in [1.29, 1.82) is 0 Å². The van der Waals surface area contributed by atoms with Gasteiger partial charge in [0.15, 0.2) is 0 Å². The SMILES string of the molecule is CC(C)NC(=O)CSCc1c(F)ccc(Br)c1F. The smallest absolute Gasteiger partial charge is 0.230 e. The Morgan fingerprint density at radius 3 is 2.72 bits per heavy atom. The summed E-state index contributed by atoms with van der Waals surface area (Å²) < 4.78 is 27.2. The summed E-state index contributed by atoms with van der Waals surface area (Å²) in [7, 11) is 0. The molecule has 0 spiro atoms. The fourth-order valence-corrected chi connectivity index (χ4v) is 2.52. The third-order valence-corrected chi connectivity index (χ3v) is 3.64. The predicted octanol–water partition coefficient (Wildman–Crippen LogP) is 3.49. The lowest BCUT2D eigenvalue weighted by Crippen LogP contribution is -2.31. The Balaban J connectivity index is 2.54. The summed E-state index contributed by atoms with van der Waals surface area (Å²) in [6.45, 7) is 3.71. The monoisotopic (exact) mass is 337 g/mol. The Kier molecular flexibility index (Phi) is 6.08. The molecule has 0 fully saturated rings. The van der Waals surface area contributed by atoms with E-state index in [0.717, 1.165) is 0 Å². The molecule has 0 aromatic heterocycles. The highest BCUT2D eigenvalue weighted by Crippen LogP contribution is 2.25. The minimum atomic E-state index is -0.605. The Labute approximate surface area is 118 Å². The van der Waals surface area contributed by atoms with E-state index < -0.39 is 11.6 Å². The zero-order valence-corrected chi connectivity index (χ0v) is 12.5. The van der Waals surface area contributed by atoms with Gasteiger partial charge in [0.25, 0.3) is 0 Å². The lowest BCUT2D eigenvalue weighted by atomic mass is 10.2. The molecule has 0 saturated carbocycles. The van der Waals surface area contributed by atoms with Crippen LogP contribution in [0.25, 0.3) is 0 Å². The molecule has 0 aliphatic heterocycles. The molecular formula is C12H14BrF2NOS. The maximum absolute atomic E-state index is 13.6. The minimum absolute atomic E-state index is 0.00766. The molecule has 0 aliphatic carbocycles. The van der Waals surface area contributed by atoms with Crippen LogP contribution in [0.15, 0.2) is 16.6 Å². The molecule has 1 amide bonds. The largest absolute Gasteiger partial charge is 0.353 e. The lowest BCUT2D eigenvalue weighted by Gasteiger charge is -2.09. The molecule has 0 radical (unpaired) electrons. The van der Waals surface area contributed by atoms with E-state index in [1.54, 1.807) is 0 Å². The van der Waals surface area contributed by atoms with Crippen molar-refractivity contribution in [2.24, 2.45) is 0 Å². The van der Waals surface area contributed by atoms with Crippen molar-refractivity contribution in [3.05, 3.63) is 33.8 Å². The number of carbonyl (C=O) groups is 1. The van der Waals surface area contributed by atoms with E-state index >= 15 is 0 Å². The minimum Gasteiger partial charge on any atom is -0.353 e. The molecule has 0 bridgehead atoms. The standard InChI is InChI=1S/C12H14BrF2NOS/c1-7(2)16-11(17)6-18-5-8-10(14)4-3-9(13)12(8)15/h3-4,7H,5-6H2,1-2H3,(H,16,17). The zero-order valence-electron chi connectivity index (χ0n) is 10.1. The number of benzene rings is 1. The third kappa shape index (κ3) is 4.57. The first-order valence-corrected chi connectivity index (χ1v) is 7.36. The van der Waals surface area contributed by atoms with Gasteiger partial charge in [0.2, 0.25) is 5.91 Å². The van der Waals surface area contributed by atoms with Crippen molar-refractivity contribution in [3.63, 3.8) is 0 Å². The van der Waals surface area contributed by atoms with Crippen molar-refractivity contribution in [2.75, 3.05) is 5.75 Å². The van der Waals surface area contributed by atoms with Crippen LogP contribution in [-0.4, -0.2) is 17.7 Å². The van der Waals surface area contributed by atoms with Gasteiger partial charge in [0, 0.05) is 17.4 Å². The summed E-state index contributed by atoms with van der Waals surface area (Å²) in [4.78, 5) is 11.4. The number of carbonyl (C=O) groups excluding carboxylic acids is 1. The van der Waals surface area contributed by atoms with E-state index in [4.69, 9.17) is 0 Å². The molecule has 0 aliphatic rings. The Bertz CT molecular complexity index is 440. The Hall–Kier alpha value is -0.620. The average molecular weight is 338 g/mol.